The number of esters is 1. The van der Waals surface area contributed by atoms with Gasteiger partial charge in [-0.3, -0.25) is 0 Å². The van der Waals surface area contributed by atoms with Crippen molar-refractivity contribution in [2.24, 2.45) is 0 Å². The smallest absolute Gasteiger partial charge is 0.350 e. The number of rotatable bonds is 3. The lowest BCUT2D eigenvalue weighted by Crippen LogP contribution is -2.01. The van der Waals surface area contributed by atoms with Crippen molar-refractivity contribution in [1.82, 2.24) is 4.98 Å². The Morgan fingerprint density at radius 2 is 2.13 bits per heavy atom. The molecule has 0 aliphatic heterocycles. The molecule has 0 bridgehead atoms. The summed E-state index contributed by atoms with van der Waals surface area (Å²) in [6, 6.07) is 0. The third-order valence-corrected chi connectivity index (χ3v) is 4.46. The Morgan fingerprint density at radius 1 is 1.53 bits per heavy atom. The molecule has 0 aliphatic rings. The first-order chi connectivity index (χ1) is 6.90. The second-order valence-electron chi connectivity index (χ2n) is 2.87. The number of thiazole rings is 1. The van der Waals surface area contributed by atoms with E-state index in [9.17, 15) is 13.2 Å². The maximum atomic E-state index is 11.3. The molecule has 0 spiro atoms. The van der Waals surface area contributed by atoms with Gasteiger partial charge in [0.15, 0.2) is 0 Å². The van der Waals surface area contributed by atoms with E-state index in [0.29, 0.717) is 12.1 Å². The van der Waals surface area contributed by atoms with Crippen LogP contribution in [0.2, 0.25) is 0 Å². The van der Waals surface area contributed by atoms with Gasteiger partial charge >= 0.3 is 5.97 Å². The van der Waals surface area contributed by atoms with Gasteiger partial charge in [-0.1, -0.05) is 18.3 Å². The fourth-order valence-corrected chi connectivity index (χ4v) is 2.92. The van der Waals surface area contributed by atoms with Crippen molar-refractivity contribution < 1.29 is 17.9 Å². The molecule has 0 fully saturated rings. The molecule has 84 valence electrons. The highest BCUT2D eigenvalue weighted by molar-refractivity contribution is 7.92. The summed E-state index contributed by atoms with van der Waals surface area (Å²) in [5, 5.41) is 0. The van der Waals surface area contributed by atoms with Crippen LogP contribution in [0.15, 0.2) is 4.34 Å². The predicted octanol–water partition coefficient (Wildman–Crippen LogP) is 0.896. The molecule has 0 radical (unpaired) electrons. The monoisotopic (exact) mass is 249 g/mol. The predicted molar refractivity (Wildman–Crippen MR) is 55.9 cm³/mol. The van der Waals surface area contributed by atoms with Crippen LogP contribution in [0.25, 0.3) is 0 Å². The molecule has 0 aromatic carbocycles. The van der Waals surface area contributed by atoms with Crippen molar-refractivity contribution in [3.8, 4) is 0 Å². The van der Waals surface area contributed by atoms with Crippen LogP contribution in [0, 0.1) is 0 Å². The summed E-state index contributed by atoms with van der Waals surface area (Å²) in [7, 11) is -2.11. The topological polar surface area (TPSA) is 73.3 Å². The van der Waals surface area contributed by atoms with E-state index in [0.717, 1.165) is 17.6 Å². The van der Waals surface area contributed by atoms with Crippen LogP contribution >= 0.6 is 11.3 Å². The highest BCUT2D eigenvalue weighted by Crippen LogP contribution is 2.23. The summed E-state index contributed by atoms with van der Waals surface area (Å²) < 4.78 is 26.9. The number of aryl methyl sites for hydroxylation is 1. The van der Waals surface area contributed by atoms with Gasteiger partial charge in [-0.05, 0) is 6.42 Å². The maximum absolute atomic E-state index is 11.3. The van der Waals surface area contributed by atoms with Crippen molar-refractivity contribution in [2.75, 3.05) is 13.4 Å². The van der Waals surface area contributed by atoms with Crippen molar-refractivity contribution in [3.63, 3.8) is 0 Å². The van der Waals surface area contributed by atoms with Gasteiger partial charge in [0.1, 0.15) is 4.88 Å². The first-order valence-corrected chi connectivity index (χ1v) is 6.89. The van der Waals surface area contributed by atoms with E-state index in [2.05, 4.69) is 9.72 Å². The third kappa shape index (κ3) is 2.54. The standard InChI is InChI=1S/C8H11NO4S2/c1-4-5-6(7(10)13-2)14-8(9-5)15(3,11)12/h4H2,1-3H3. The van der Waals surface area contributed by atoms with Gasteiger partial charge < -0.3 is 4.74 Å². The third-order valence-electron chi connectivity index (χ3n) is 1.70. The Kier molecular flexibility index (Phi) is 3.46. The molecule has 15 heavy (non-hydrogen) atoms. The highest BCUT2D eigenvalue weighted by atomic mass is 32.2. The SMILES string of the molecule is CCc1nc(S(C)(=O)=O)sc1C(=O)OC. The largest absolute Gasteiger partial charge is 0.465 e. The van der Waals surface area contributed by atoms with E-state index in [1.54, 1.807) is 6.92 Å². The minimum Gasteiger partial charge on any atom is -0.465 e. The average molecular weight is 249 g/mol. The van der Waals surface area contributed by atoms with Crippen LogP contribution in [0.3, 0.4) is 0 Å². The van der Waals surface area contributed by atoms with Gasteiger partial charge in [-0.15, -0.1) is 0 Å². The normalized spacial score (nSPS) is 11.4. The molecule has 0 unspecified atom stereocenters. The maximum Gasteiger partial charge on any atom is 0.350 e. The number of hydrogen-bond donors (Lipinski definition) is 0. The van der Waals surface area contributed by atoms with Crippen molar-refractivity contribution >= 4 is 27.1 Å². The first kappa shape index (κ1) is 12.1. The number of ether oxygens (including phenoxy) is 1. The number of aromatic nitrogens is 1. The van der Waals surface area contributed by atoms with E-state index < -0.39 is 15.8 Å². The molecular weight excluding hydrogens is 238 g/mol. The molecule has 1 rings (SSSR count). The van der Waals surface area contributed by atoms with Gasteiger partial charge in [0.05, 0.1) is 12.8 Å². The summed E-state index contributed by atoms with van der Waals surface area (Å²) >= 11 is 0.850. The molecule has 5 nitrogen and oxygen atoms in total. The Morgan fingerprint density at radius 3 is 2.53 bits per heavy atom. The lowest BCUT2D eigenvalue weighted by atomic mass is 10.3. The minimum absolute atomic E-state index is 0.0419. The first-order valence-electron chi connectivity index (χ1n) is 4.18. The fourth-order valence-electron chi connectivity index (χ4n) is 0.980. The van der Waals surface area contributed by atoms with E-state index in [1.165, 1.54) is 7.11 Å². The zero-order valence-electron chi connectivity index (χ0n) is 8.60. The quantitative estimate of drug-likeness (QED) is 0.744. The minimum atomic E-state index is -3.36. The van der Waals surface area contributed by atoms with Crippen LogP contribution in [-0.2, 0) is 21.0 Å². The molecule has 0 N–H and O–H groups in total. The number of nitrogens with zero attached hydrogens (tertiary/aromatic N) is 1. The summed E-state index contributed by atoms with van der Waals surface area (Å²) in [4.78, 5) is 15.4. The summed E-state index contributed by atoms with van der Waals surface area (Å²) in [6.07, 6.45) is 1.56. The molecule has 0 saturated carbocycles. The van der Waals surface area contributed by atoms with Crippen LogP contribution < -0.4 is 0 Å². The molecule has 0 atom stereocenters. The number of sulfone groups is 1. The second kappa shape index (κ2) is 4.28. The van der Waals surface area contributed by atoms with Gasteiger partial charge in [0.25, 0.3) is 0 Å². The van der Waals surface area contributed by atoms with E-state index in [1.807, 2.05) is 0 Å². The summed E-state index contributed by atoms with van der Waals surface area (Å²) in [5.74, 6) is -0.542. The molecule has 0 amide bonds. The van der Waals surface area contributed by atoms with Gasteiger partial charge in [0, 0.05) is 6.26 Å². The van der Waals surface area contributed by atoms with Gasteiger partial charge in [0.2, 0.25) is 14.2 Å². The zero-order valence-corrected chi connectivity index (χ0v) is 10.2. The van der Waals surface area contributed by atoms with Crippen molar-refractivity contribution in [3.05, 3.63) is 10.6 Å². The van der Waals surface area contributed by atoms with Gasteiger partial charge in [-0.2, -0.15) is 0 Å². The van der Waals surface area contributed by atoms with Crippen LogP contribution in [-0.4, -0.2) is 32.7 Å². The number of carbonyl (C=O) groups excluding carboxylic acids is 1. The summed E-state index contributed by atoms with van der Waals surface area (Å²) in [5.41, 5.74) is 0.465. The molecule has 7 heteroatoms. The number of hydrogen-bond acceptors (Lipinski definition) is 6. The molecular formula is C8H11NO4S2. The van der Waals surface area contributed by atoms with Gasteiger partial charge in [-0.25, -0.2) is 18.2 Å². The highest BCUT2D eigenvalue weighted by Gasteiger charge is 2.21. The molecule has 1 heterocycles. The lowest BCUT2D eigenvalue weighted by Gasteiger charge is -1.95. The molecule has 1 aromatic rings. The summed E-state index contributed by atoms with van der Waals surface area (Å²) in [6.45, 7) is 1.80. The van der Waals surface area contributed by atoms with Crippen LogP contribution in [0.4, 0.5) is 0 Å². The Labute approximate surface area is 92.0 Å². The second-order valence-corrected chi connectivity index (χ2v) is 6.06. The molecule has 1 aromatic heterocycles. The Hall–Kier alpha value is -0.950. The zero-order chi connectivity index (χ0) is 11.6. The Balaban J connectivity index is 3.29. The van der Waals surface area contributed by atoms with Crippen molar-refractivity contribution in [1.29, 1.82) is 0 Å². The molecule has 0 aliphatic carbocycles. The number of methoxy groups -OCH3 is 1. The van der Waals surface area contributed by atoms with Crippen molar-refractivity contribution in [2.45, 2.75) is 17.7 Å². The fraction of sp³-hybridized carbons (Fsp3) is 0.500. The van der Waals surface area contributed by atoms with E-state index in [-0.39, 0.29) is 9.22 Å². The van der Waals surface area contributed by atoms with E-state index in [4.69, 9.17) is 0 Å². The van der Waals surface area contributed by atoms with Crippen LogP contribution in [0.5, 0.6) is 0 Å². The van der Waals surface area contributed by atoms with Crippen LogP contribution in [0.1, 0.15) is 22.3 Å². The van der Waals surface area contributed by atoms with E-state index >= 15 is 0 Å². The lowest BCUT2D eigenvalue weighted by molar-refractivity contribution is 0.0605. The average Bonchev–Trinajstić information content (AvgIpc) is 2.59. The molecule has 0 saturated heterocycles. The number of carbonyl (C=O) groups is 1. The Bertz CT molecular complexity index is 475.